The molecular weight excluding hydrogens is 220 g/mol. The number of carboxylic acid groups (broad SMARTS) is 1. The van der Waals surface area contributed by atoms with Crippen molar-refractivity contribution in [2.75, 3.05) is 13.1 Å². The molecule has 0 bridgehead atoms. The minimum absolute atomic E-state index is 0.127. The van der Waals surface area contributed by atoms with Crippen molar-refractivity contribution in [3.63, 3.8) is 0 Å². The maximum absolute atomic E-state index is 12.1. The average Bonchev–Trinajstić information content (AvgIpc) is 2.74. The lowest BCUT2D eigenvalue weighted by molar-refractivity contribution is -0.147. The van der Waals surface area contributed by atoms with E-state index in [9.17, 15) is 9.59 Å². The maximum Gasteiger partial charge on any atom is 0.311 e. The van der Waals surface area contributed by atoms with E-state index in [0.29, 0.717) is 18.5 Å². The summed E-state index contributed by atoms with van der Waals surface area (Å²) in [5, 5.41) is 9.09. The number of aliphatic carboxylic acids is 1. The lowest BCUT2D eigenvalue weighted by atomic mass is 9.90. The molecule has 2 rings (SSSR count). The minimum atomic E-state index is -0.845. The number of pyridine rings is 1. The van der Waals surface area contributed by atoms with E-state index in [4.69, 9.17) is 5.11 Å². The first-order chi connectivity index (χ1) is 8.03. The Balaban J connectivity index is 2.12. The Morgan fingerprint density at radius 3 is 2.59 bits per heavy atom. The summed E-state index contributed by atoms with van der Waals surface area (Å²) in [6.45, 7) is 2.43. The van der Waals surface area contributed by atoms with Gasteiger partial charge < -0.3 is 10.0 Å². The summed E-state index contributed by atoms with van der Waals surface area (Å²) >= 11 is 0. The number of amides is 1. The molecule has 5 heteroatoms. The second-order valence-electron chi connectivity index (χ2n) is 4.58. The molecule has 0 unspecified atom stereocenters. The van der Waals surface area contributed by atoms with Gasteiger partial charge in [0, 0.05) is 31.0 Å². The van der Waals surface area contributed by atoms with Gasteiger partial charge in [-0.05, 0) is 25.5 Å². The lowest BCUT2D eigenvalue weighted by Crippen LogP contribution is -2.34. The van der Waals surface area contributed by atoms with Crippen molar-refractivity contribution >= 4 is 11.9 Å². The molecule has 90 valence electrons. The number of nitrogens with zero attached hydrogens (tertiary/aromatic N) is 2. The van der Waals surface area contributed by atoms with E-state index in [-0.39, 0.29) is 12.5 Å². The van der Waals surface area contributed by atoms with E-state index in [1.165, 1.54) is 0 Å². The summed E-state index contributed by atoms with van der Waals surface area (Å²) in [6.07, 6.45) is 3.61. The zero-order valence-corrected chi connectivity index (χ0v) is 9.59. The van der Waals surface area contributed by atoms with Gasteiger partial charge in [-0.25, -0.2) is 0 Å². The highest BCUT2D eigenvalue weighted by molar-refractivity contribution is 5.94. The molecule has 0 aliphatic carbocycles. The van der Waals surface area contributed by atoms with Crippen LogP contribution in [0.15, 0.2) is 24.5 Å². The third kappa shape index (κ3) is 2.13. The second kappa shape index (κ2) is 4.16. The Labute approximate surface area is 99.1 Å². The van der Waals surface area contributed by atoms with Crippen LogP contribution >= 0.6 is 0 Å². The quantitative estimate of drug-likeness (QED) is 0.829. The van der Waals surface area contributed by atoms with Crippen molar-refractivity contribution < 1.29 is 14.7 Å². The van der Waals surface area contributed by atoms with Gasteiger partial charge in [-0.3, -0.25) is 14.6 Å². The number of rotatable bonds is 2. The fourth-order valence-electron chi connectivity index (χ4n) is 1.99. The molecule has 0 radical (unpaired) electrons. The molecule has 1 saturated heterocycles. The van der Waals surface area contributed by atoms with Gasteiger partial charge in [0.1, 0.15) is 0 Å². The lowest BCUT2D eigenvalue weighted by Gasteiger charge is -2.20. The van der Waals surface area contributed by atoms with Crippen LogP contribution in [0, 0.1) is 5.41 Å². The highest BCUT2D eigenvalue weighted by Gasteiger charge is 2.42. The molecule has 0 saturated carbocycles. The van der Waals surface area contributed by atoms with Crippen LogP contribution in [0.1, 0.15) is 23.7 Å². The molecule has 5 nitrogen and oxygen atoms in total. The van der Waals surface area contributed by atoms with Gasteiger partial charge in [0.2, 0.25) is 0 Å². The smallest absolute Gasteiger partial charge is 0.311 e. The summed E-state index contributed by atoms with van der Waals surface area (Å²) in [7, 11) is 0. The predicted molar refractivity (Wildman–Crippen MR) is 60.5 cm³/mol. The van der Waals surface area contributed by atoms with Crippen molar-refractivity contribution in [1.29, 1.82) is 0 Å². The molecule has 2 heterocycles. The number of carbonyl (C=O) groups excluding carboxylic acids is 1. The monoisotopic (exact) mass is 234 g/mol. The van der Waals surface area contributed by atoms with Crippen LogP contribution in [0.3, 0.4) is 0 Å². The Hall–Kier alpha value is -1.91. The molecular formula is C12H14N2O3. The van der Waals surface area contributed by atoms with Crippen LogP contribution in [-0.4, -0.2) is 40.0 Å². The molecule has 1 amide bonds. The van der Waals surface area contributed by atoms with Crippen molar-refractivity contribution in [3.05, 3.63) is 30.1 Å². The topological polar surface area (TPSA) is 70.5 Å². The molecule has 1 aromatic heterocycles. The van der Waals surface area contributed by atoms with Crippen LogP contribution < -0.4 is 0 Å². The number of hydrogen-bond donors (Lipinski definition) is 1. The summed E-state index contributed by atoms with van der Waals surface area (Å²) in [5.41, 5.74) is -0.266. The minimum Gasteiger partial charge on any atom is -0.481 e. The van der Waals surface area contributed by atoms with Crippen LogP contribution in [0.25, 0.3) is 0 Å². The Morgan fingerprint density at radius 2 is 2.06 bits per heavy atom. The molecule has 17 heavy (non-hydrogen) atoms. The standard InChI is InChI=1S/C12H14N2O3/c1-12(11(16)17)4-7-14(8-12)10(15)9-2-5-13-6-3-9/h2-3,5-6H,4,7-8H2,1H3,(H,16,17)/t12-/m0/s1. The third-order valence-corrected chi connectivity index (χ3v) is 3.20. The molecule has 1 atom stereocenters. The Kier molecular flexibility index (Phi) is 2.83. The van der Waals surface area contributed by atoms with E-state index in [1.807, 2.05) is 0 Å². The first-order valence-corrected chi connectivity index (χ1v) is 5.46. The van der Waals surface area contributed by atoms with Crippen LogP contribution in [0.4, 0.5) is 0 Å². The predicted octanol–water partition coefficient (Wildman–Crippen LogP) is 1.02. The first kappa shape index (κ1) is 11.6. The summed E-state index contributed by atoms with van der Waals surface area (Å²) in [6, 6.07) is 3.28. The zero-order chi connectivity index (χ0) is 12.5. The molecule has 1 aliphatic rings. The molecule has 1 aliphatic heterocycles. The van der Waals surface area contributed by atoms with E-state index in [1.54, 1.807) is 36.4 Å². The number of carboxylic acids is 1. The van der Waals surface area contributed by atoms with Crippen molar-refractivity contribution in [2.24, 2.45) is 5.41 Å². The highest BCUT2D eigenvalue weighted by atomic mass is 16.4. The first-order valence-electron chi connectivity index (χ1n) is 5.46. The summed E-state index contributed by atoms with van der Waals surface area (Å²) < 4.78 is 0. The van der Waals surface area contributed by atoms with Gasteiger partial charge in [-0.15, -0.1) is 0 Å². The van der Waals surface area contributed by atoms with E-state index < -0.39 is 11.4 Å². The SMILES string of the molecule is C[C@]1(C(=O)O)CCN(C(=O)c2ccncc2)C1. The third-order valence-electron chi connectivity index (χ3n) is 3.20. The average molecular weight is 234 g/mol. The Bertz CT molecular complexity index is 446. The normalized spacial score (nSPS) is 23.7. The fraction of sp³-hybridized carbons (Fsp3) is 0.417. The summed E-state index contributed by atoms with van der Waals surface area (Å²) in [4.78, 5) is 28.6. The van der Waals surface area contributed by atoms with Gasteiger partial charge in [-0.1, -0.05) is 0 Å². The largest absolute Gasteiger partial charge is 0.481 e. The van der Waals surface area contributed by atoms with E-state index >= 15 is 0 Å². The maximum atomic E-state index is 12.1. The van der Waals surface area contributed by atoms with Gasteiger partial charge in [-0.2, -0.15) is 0 Å². The van der Waals surface area contributed by atoms with Gasteiger partial charge in [0.05, 0.1) is 5.41 Å². The van der Waals surface area contributed by atoms with Gasteiger partial charge in [0.15, 0.2) is 0 Å². The fourth-order valence-corrected chi connectivity index (χ4v) is 1.99. The second-order valence-corrected chi connectivity index (χ2v) is 4.58. The number of carbonyl (C=O) groups is 2. The van der Waals surface area contributed by atoms with Crippen molar-refractivity contribution in [1.82, 2.24) is 9.88 Å². The van der Waals surface area contributed by atoms with Crippen LogP contribution in [0.5, 0.6) is 0 Å². The van der Waals surface area contributed by atoms with Crippen molar-refractivity contribution in [3.8, 4) is 0 Å². The molecule has 0 spiro atoms. The van der Waals surface area contributed by atoms with Gasteiger partial charge >= 0.3 is 5.97 Å². The zero-order valence-electron chi connectivity index (χ0n) is 9.59. The molecule has 0 aromatic carbocycles. The molecule has 1 aromatic rings. The number of aromatic nitrogens is 1. The summed E-state index contributed by atoms with van der Waals surface area (Å²) in [5.74, 6) is -0.972. The van der Waals surface area contributed by atoms with Crippen molar-refractivity contribution in [2.45, 2.75) is 13.3 Å². The van der Waals surface area contributed by atoms with E-state index in [2.05, 4.69) is 4.98 Å². The number of hydrogen-bond acceptors (Lipinski definition) is 3. The Morgan fingerprint density at radius 1 is 1.41 bits per heavy atom. The highest BCUT2D eigenvalue weighted by Crippen LogP contribution is 2.30. The molecule has 1 fully saturated rings. The number of likely N-dealkylation sites (tertiary alicyclic amines) is 1. The van der Waals surface area contributed by atoms with Crippen LogP contribution in [-0.2, 0) is 4.79 Å². The van der Waals surface area contributed by atoms with E-state index in [0.717, 1.165) is 0 Å². The molecule has 1 N–H and O–H groups in total. The van der Waals surface area contributed by atoms with Gasteiger partial charge in [0.25, 0.3) is 5.91 Å². The van der Waals surface area contributed by atoms with Crippen LogP contribution in [0.2, 0.25) is 0 Å².